The Morgan fingerprint density at radius 2 is 1.84 bits per heavy atom. The highest BCUT2D eigenvalue weighted by Gasteiger charge is 2.36. The molecule has 0 saturated heterocycles. The number of hydrogen-bond donors (Lipinski definition) is 0. The van der Waals surface area contributed by atoms with Crippen LogP contribution in [0.15, 0.2) is 6.20 Å². The predicted octanol–water partition coefficient (Wildman–Crippen LogP) is 4.18. The van der Waals surface area contributed by atoms with E-state index in [2.05, 4.69) is 43.8 Å². The van der Waals surface area contributed by atoms with Crippen LogP contribution < -0.4 is 4.74 Å². The second-order valence-corrected chi connectivity index (χ2v) is 11.3. The predicted molar refractivity (Wildman–Crippen MR) is 80.7 cm³/mol. The summed E-state index contributed by atoms with van der Waals surface area (Å²) < 4.78 is 11.5. The van der Waals surface area contributed by atoms with E-state index >= 15 is 0 Å². The highest BCUT2D eigenvalue weighted by atomic mass is 35.5. The van der Waals surface area contributed by atoms with Crippen LogP contribution in [0.3, 0.4) is 0 Å². The Hall–Kier alpha value is -0.363. The standard InChI is InChI=1S/C12H20Cl2N2O2Si/c1-12(2,3)19(4,5)18-7-6-17-9-8-15-11(14)16-10(9)13/h8H,6-7H2,1-5H3. The molecule has 19 heavy (non-hydrogen) atoms. The molecule has 0 aromatic carbocycles. The van der Waals surface area contributed by atoms with Gasteiger partial charge in [-0.15, -0.1) is 0 Å². The Morgan fingerprint density at radius 3 is 2.37 bits per heavy atom. The topological polar surface area (TPSA) is 44.2 Å². The van der Waals surface area contributed by atoms with Crippen LogP contribution in [0.2, 0.25) is 28.6 Å². The van der Waals surface area contributed by atoms with Crippen molar-refractivity contribution in [3.8, 4) is 5.75 Å². The molecule has 0 spiro atoms. The number of hydrogen-bond acceptors (Lipinski definition) is 4. The van der Waals surface area contributed by atoms with Crippen LogP contribution in [0.1, 0.15) is 20.8 Å². The van der Waals surface area contributed by atoms with Gasteiger partial charge in [0.05, 0.1) is 12.8 Å². The zero-order valence-corrected chi connectivity index (χ0v) is 14.5. The number of nitrogens with zero attached hydrogens (tertiary/aromatic N) is 2. The summed E-state index contributed by atoms with van der Waals surface area (Å²) in [6.07, 6.45) is 1.46. The van der Waals surface area contributed by atoms with E-state index < -0.39 is 8.32 Å². The summed E-state index contributed by atoms with van der Waals surface area (Å²) in [5.41, 5.74) is 0. The van der Waals surface area contributed by atoms with Gasteiger partial charge in [-0.2, -0.15) is 0 Å². The molecule has 0 N–H and O–H groups in total. The van der Waals surface area contributed by atoms with Gasteiger partial charge >= 0.3 is 0 Å². The zero-order chi connectivity index (χ0) is 14.7. The number of aromatic nitrogens is 2. The van der Waals surface area contributed by atoms with Crippen LogP contribution >= 0.6 is 23.2 Å². The maximum absolute atomic E-state index is 5.98. The van der Waals surface area contributed by atoms with Gasteiger partial charge in [0.15, 0.2) is 19.2 Å². The van der Waals surface area contributed by atoms with Crippen molar-refractivity contribution >= 4 is 31.5 Å². The van der Waals surface area contributed by atoms with Crippen LogP contribution in [-0.2, 0) is 4.43 Å². The van der Waals surface area contributed by atoms with Crippen molar-refractivity contribution in [1.82, 2.24) is 9.97 Å². The molecule has 4 nitrogen and oxygen atoms in total. The molecule has 0 aliphatic rings. The molecule has 1 rings (SSSR count). The fourth-order valence-electron chi connectivity index (χ4n) is 1.09. The van der Waals surface area contributed by atoms with Gasteiger partial charge in [-0.05, 0) is 29.7 Å². The first-order valence-electron chi connectivity index (χ1n) is 6.08. The molecule has 0 fully saturated rings. The second kappa shape index (κ2) is 6.39. The fourth-order valence-corrected chi connectivity index (χ4v) is 2.48. The molecular weight excluding hydrogens is 303 g/mol. The van der Waals surface area contributed by atoms with Crippen LogP contribution in [0.25, 0.3) is 0 Å². The lowest BCUT2D eigenvalue weighted by Gasteiger charge is -2.36. The third kappa shape index (κ3) is 4.91. The Morgan fingerprint density at radius 1 is 1.21 bits per heavy atom. The quantitative estimate of drug-likeness (QED) is 0.353. The van der Waals surface area contributed by atoms with Gasteiger partial charge in [0.1, 0.15) is 6.61 Å². The van der Waals surface area contributed by atoms with E-state index in [1.807, 2.05) is 0 Å². The number of rotatable bonds is 5. The van der Waals surface area contributed by atoms with E-state index in [1.54, 1.807) is 0 Å². The van der Waals surface area contributed by atoms with Crippen LogP contribution in [0.4, 0.5) is 0 Å². The lowest BCUT2D eigenvalue weighted by molar-refractivity contribution is 0.203. The first kappa shape index (κ1) is 16.7. The lowest BCUT2D eigenvalue weighted by Crippen LogP contribution is -2.41. The SMILES string of the molecule is CC(C)(C)[Si](C)(C)OCCOc1cnc(Cl)nc1Cl. The van der Waals surface area contributed by atoms with Crippen molar-refractivity contribution in [3.05, 3.63) is 16.6 Å². The van der Waals surface area contributed by atoms with Crippen molar-refractivity contribution in [2.75, 3.05) is 13.2 Å². The molecule has 1 aromatic rings. The van der Waals surface area contributed by atoms with Crippen LogP contribution in [0.5, 0.6) is 5.75 Å². The van der Waals surface area contributed by atoms with E-state index in [1.165, 1.54) is 6.20 Å². The van der Waals surface area contributed by atoms with E-state index in [-0.39, 0.29) is 15.5 Å². The smallest absolute Gasteiger partial charge is 0.224 e. The Labute approximate surface area is 125 Å². The molecule has 0 aliphatic heterocycles. The van der Waals surface area contributed by atoms with E-state index in [9.17, 15) is 0 Å². The summed E-state index contributed by atoms with van der Waals surface area (Å²) in [7, 11) is -1.73. The molecule has 0 unspecified atom stereocenters. The largest absolute Gasteiger partial charge is 0.486 e. The second-order valence-electron chi connectivity index (χ2n) is 5.75. The minimum Gasteiger partial charge on any atom is -0.486 e. The Bertz CT molecular complexity index is 436. The van der Waals surface area contributed by atoms with Crippen molar-refractivity contribution in [2.45, 2.75) is 38.9 Å². The zero-order valence-electron chi connectivity index (χ0n) is 12.0. The average molecular weight is 323 g/mol. The monoisotopic (exact) mass is 322 g/mol. The van der Waals surface area contributed by atoms with E-state index in [4.69, 9.17) is 32.4 Å². The fraction of sp³-hybridized carbons (Fsp3) is 0.667. The molecule has 0 atom stereocenters. The van der Waals surface area contributed by atoms with E-state index in [0.717, 1.165) is 0 Å². The summed E-state index contributed by atoms with van der Waals surface area (Å²) in [5.74, 6) is 0.421. The molecular formula is C12H20Cl2N2O2Si. The minimum atomic E-state index is -1.73. The van der Waals surface area contributed by atoms with Gasteiger partial charge in [-0.1, -0.05) is 32.4 Å². The summed E-state index contributed by atoms with van der Waals surface area (Å²) in [6, 6.07) is 0. The van der Waals surface area contributed by atoms with Gasteiger partial charge in [0, 0.05) is 0 Å². The lowest BCUT2D eigenvalue weighted by atomic mass is 10.2. The molecule has 0 bridgehead atoms. The third-order valence-corrected chi connectivity index (χ3v) is 8.28. The molecule has 1 heterocycles. The Balaban J connectivity index is 2.43. The summed E-state index contributed by atoms with van der Waals surface area (Å²) in [4.78, 5) is 7.62. The van der Waals surface area contributed by atoms with Gasteiger partial charge in [-0.3, -0.25) is 0 Å². The van der Waals surface area contributed by atoms with Gasteiger partial charge in [-0.25, -0.2) is 9.97 Å². The molecule has 0 amide bonds. The van der Waals surface area contributed by atoms with Gasteiger partial charge in [0.2, 0.25) is 5.28 Å². The van der Waals surface area contributed by atoms with Crippen molar-refractivity contribution in [1.29, 1.82) is 0 Å². The maximum atomic E-state index is 5.98. The molecule has 0 saturated carbocycles. The summed E-state index contributed by atoms with van der Waals surface area (Å²) in [5, 5.41) is 0.510. The first-order valence-corrected chi connectivity index (χ1v) is 9.75. The highest BCUT2D eigenvalue weighted by Crippen LogP contribution is 2.36. The van der Waals surface area contributed by atoms with E-state index in [0.29, 0.717) is 19.0 Å². The summed E-state index contributed by atoms with van der Waals surface area (Å²) >= 11 is 11.5. The third-order valence-electron chi connectivity index (χ3n) is 3.29. The maximum Gasteiger partial charge on any atom is 0.224 e. The van der Waals surface area contributed by atoms with Crippen molar-refractivity contribution in [3.63, 3.8) is 0 Å². The van der Waals surface area contributed by atoms with Crippen molar-refractivity contribution < 1.29 is 9.16 Å². The molecule has 108 valence electrons. The normalized spacial score (nSPS) is 12.6. The summed E-state index contributed by atoms with van der Waals surface area (Å²) in [6.45, 7) is 11.9. The molecule has 0 radical (unpaired) electrons. The molecule has 7 heteroatoms. The Kier molecular flexibility index (Phi) is 5.61. The van der Waals surface area contributed by atoms with Crippen molar-refractivity contribution in [2.24, 2.45) is 0 Å². The van der Waals surface area contributed by atoms with Gasteiger partial charge < -0.3 is 9.16 Å². The first-order chi connectivity index (χ1) is 8.63. The van der Waals surface area contributed by atoms with Crippen LogP contribution in [0, 0.1) is 0 Å². The molecule has 1 aromatic heterocycles. The minimum absolute atomic E-state index is 0.106. The van der Waals surface area contributed by atoms with Gasteiger partial charge in [0.25, 0.3) is 0 Å². The highest BCUT2D eigenvalue weighted by molar-refractivity contribution is 6.74. The number of ether oxygens (including phenoxy) is 1. The number of halogens is 2. The average Bonchev–Trinajstić information content (AvgIpc) is 2.25. The van der Waals surface area contributed by atoms with Crippen LogP contribution in [-0.4, -0.2) is 31.5 Å². The molecule has 0 aliphatic carbocycles.